The van der Waals surface area contributed by atoms with Crippen LogP contribution in [-0.2, 0) is 11.3 Å². The number of carbonyl (C=O) groups excluding carboxylic acids is 1. The fraction of sp³-hybridized carbons (Fsp3) is 0.579. The zero-order valence-corrected chi connectivity index (χ0v) is 19.4. The number of rotatable bonds is 10. The van der Waals surface area contributed by atoms with E-state index in [2.05, 4.69) is 27.6 Å². The van der Waals surface area contributed by atoms with Crippen LogP contribution in [-0.4, -0.2) is 83.2 Å². The molecule has 0 saturated carbocycles. The van der Waals surface area contributed by atoms with E-state index in [1.54, 1.807) is 33.2 Å². The number of nitrogens with zero attached hydrogens (tertiary/aromatic N) is 3. The van der Waals surface area contributed by atoms with Gasteiger partial charge in [-0.15, -0.1) is 24.0 Å². The molecule has 0 heterocycles. The predicted molar refractivity (Wildman–Crippen MR) is 122 cm³/mol. The van der Waals surface area contributed by atoms with Gasteiger partial charge in [-0.3, -0.25) is 9.79 Å². The van der Waals surface area contributed by atoms with E-state index in [0.29, 0.717) is 12.1 Å². The smallest absolute Gasteiger partial charge is 0.253 e. The first-order valence-corrected chi connectivity index (χ1v) is 8.90. The number of nitrogens with one attached hydrogen (secondary N) is 2. The SMILES string of the molecule is CN=C(NCCN(C)CCCOC)NCc1ccc(C(=O)N(C)C)cc1.I. The number of ether oxygens (including phenoxy) is 1. The predicted octanol–water partition coefficient (Wildman–Crippen LogP) is 1.64. The number of hydrogen-bond donors (Lipinski definition) is 2. The average Bonchev–Trinajstić information content (AvgIpc) is 2.64. The molecule has 0 aliphatic rings. The topological polar surface area (TPSA) is 69.2 Å². The summed E-state index contributed by atoms with van der Waals surface area (Å²) in [5.41, 5.74) is 1.79. The van der Waals surface area contributed by atoms with E-state index < -0.39 is 0 Å². The molecule has 27 heavy (non-hydrogen) atoms. The summed E-state index contributed by atoms with van der Waals surface area (Å²) in [4.78, 5) is 20.0. The molecule has 0 aliphatic carbocycles. The van der Waals surface area contributed by atoms with E-state index in [9.17, 15) is 4.79 Å². The number of likely N-dealkylation sites (N-methyl/N-ethyl adjacent to an activating group) is 1. The highest BCUT2D eigenvalue weighted by atomic mass is 127. The van der Waals surface area contributed by atoms with Crippen molar-refractivity contribution in [3.63, 3.8) is 0 Å². The van der Waals surface area contributed by atoms with Crippen molar-refractivity contribution in [2.45, 2.75) is 13.0 Å². The van der Waals surface area contributed by atoms with Gasteiger partial charge in [-0.05, 0) is 31.2 Å². The Labute approximate surface area is 180 Å². The van der Waals surface area contributed by atoms with Crippen LogP contribution in [0.5, 0.6) is 0 Å². The van der Waals surface area contributed by atoms with Crippen molar-refractivity contribution in [2.75, 3.05) is 61.5 Å². The van der Waals surface area contributed by atoms with Gasteiger partial charge in [0.2, 0.25) is 0 Å². The van der Waals surface area contributed by atoms with Gasteiger partial charge in [0.1, 0.15) is 0 Å². The first kappa shape index (κ1) is 25.6. The van der Waals surface area contributed by atoms with E-state index in [0.717, 1.165) is 44.2 Å². The number of hydrogen-bond acceptors (Lipinski definition) is 4. The third kappa shape index (κ3) is 10.5. The van der Waals surface area contributed by atoms with Gasteiger partial charge in [0.05, 0.1) is 0 Å². The van der Waals surface area contributed by atoms with Gasteiger partial charge in [-0.2, -0.15) is 0 Å². The lowest BCUT2D eigenvalue weighted by Gasteiger charge is -2.18. The monoisotopic (exact) mass is 491 g/mol. The normalized spacial score (nSPS) is 11.1. The quantitative estimate of drug-likeness (QED) is 0.226. The molecule has 0 aromatic heterocycles. The molecule has 7 nitrogen and oxygen atoms in total. The van der Waals surface area contributed by atoms with Crippen molar-refractivity contribution in [3.05, 3.63) is 35.4 Å². The van der Waals surface area contributed by atoms with Crippen LogP contribution in [0.25, 0.3) is 0 Å². The maximum atomic E-state index is 11.9. The van der Waals surface area contributed by atoms with Gasteiger partial charge in [0.15, 0.2) is 5.96 Å². The van der Waals surface area contributed by atoms with Crippen LogP contribution in [0.15, 0.2) is 29.3 Å². The average molecular weight is 491 g/mol. The van der Waals surface area contributed by atoms with Gasteiger partial charge in [0, 0.05) is 66.6 Å². The van der Waals surface area contributed by atoms with Crippen LogP contribution in [0.3, 0.4) is 0 Å². The fourth-order valence-corrected chi connectivity index (χ4v) is 2.39. The summed E-state index contributed by atoms with van der Waals surface area (Å²) in [7, 11) is 9.09. The molecule has 0 aliphatic heterocycles. The van der Waals surface area contributed by atoms with Crippen molar-refractivity contribution in [1.29, 1.82) is 0 Å². The Morgan fingerprint density at radius 1 is 1.11 bits per heavy atom. The number of guanidine groups is 1. The molecule has 2 N–H and O–H groups in total. The summed E-state index contributed by atoms with van der Waals surface area (Å²) in [6.07, 6.45) is 1.03. The molecule has 0 fully saturated rings. The Bertz CT molecular complexity index is 564. The Morgan fingerprint density at radius 3 is 2.33 bits per heavy atom. The standard InChI is InChI=1S/C19H33N5O2.HI/c1-20-19(21-11-13-24(4)12-6-14-26-5)22-15-16-7-9-17(10-8-16)18(25)23(2)3;/h7-10H,6,11-15H2,1-5H3,(H2,20,21,22);1H. The summed E-state index contributed by atoms with van der Waals surface area (Å²) in [5.74, 6) is 0.778. The van der Waals surface area contributed by atoms with E-state index in [-0.39, 0.29) is 29.9 Å². The highest BCUT2D eigenvalue weighted by molar-refractivity contribution is 14.0. The van der Waals surface area contributed by atoms with E-state index in [1.165, 1.54) is 0 Å². The number of methoxy groups -OCH3 is 1. The maximum Gasteiger partial charge on any atom is 0.253 e. The molecule has 0 saturated heterocycles. The lowest BCUT2D eigenvalue weighted by atomic mass is 10.1. The minimum Gasteiger partial charge on any atom is -0.385 e. The minimum atomic E-state index is 0. The summed E-state index contributed by atoms with van der Waals surface area (Å²) in [6.45, 7) is 4.21. The van der Waals surface area contributed by atoms with E-state index >= 15 is 0 Å². The molecule has 154 valence electrons. The van der Waals surface area contributed by atoms with Gasteiger partial charge in [0.25, 0.3) is 5.91 Å². The zero-order valence-electron chi connectivity index (χ0n) is 17.1. The van der Waals surface area contributed by atoms with Gasteiger partial charge in [-0.1, -0.05) is 12.1 Å². The molecule has 0 atom stereocenters. The molecule has 0 bridgehead atoms. The molecule has 1 aromatic carbocycles. The molecular formula is C19H34IN5O2. The lowest BCUT2D eigenvalue weighted by molar-refractivity contribution is 0.0827. The first-order valence-electron chi connectivity index (χ1n) is 8.90. The first-order chi connectivity index (χ1) is 12.5. The minimum absolute atomic E-state index is 0. The molecular weight excluding hydrogens is 457 g/mol. The number of benzene rings is 1. The summed E-state index contributed by atoms with van der Waals surface area (Å²) < 4.78 is 5.07. The van der Waals surface area contributed by atoms with Crippen molar-refractivity contribution in [2.24, 2.45) is 4.99 Å². The Balaban J connectivity index is 0.00000676. The second kappa shape index (κ2) is 14.6. The Morgan fingerprint density at radius 2 is 1.78 bits per heavy atom. The largest absolute Gasteiger partial charge is 0.385 e. The van der Waals surface area contributed by atoms with Crippen molar-refractivity contribution < 1.29 is 9.53 Å². The van der Waals surface area contributed by atoms with Crippen LogP contribution < -0.4 is 10.6 Å². The van der Waals surface area contributed by atoms with Gasteiger partial charge >= 0.3 is 0 Å². The van der Waals surface area contributed by atoms with Crippen LogP contribution in [0.2, 0.25) is 0 Å². The highest BCUT2D eigenvalue weighted by Gasteiger charge is 2.07. The van der Waals surface area contributed by atoms with E-state index in [4.69, 9.17) is 4.74 Å². The van der Waals surface area contributed by atoms with Crippen LogP contribution in [0, 0.1) is 0 Å². The van der Waals surface area contributed by atoms with Crippen molar-refractivity contribution in [1.82, 2.24) is 20.4 Å². The second-order valence-corrected chi connectivity index (χ2v) is 6.40. The van der Waals surface area contributed by atoms with Crippen LogP contribution in [0.4, 0.5) is 0 Å². The van der Waals surface area contributed by atoms with Crippen LogP contribution >= 0.6 is 24.0 Å². The molecule has 1 rings (SSSR count). The van der Waals surface area contributed by atoms with E-state index in [1.807, 2.05) is 24.3 Å². The molecule has 0 unspecified atom stereocenters. The Kier molecular flexibility index (Phi) is 13.9. The number of amides is 1. The van der Waals surface area contributed by atoms with Gasteiger partial charge in [-0.25, -0.2) is 0 Å². The highest BCUT2D eigenvalue weighted by Crippen LogP contribution is 2.06. The molecule has 0 radical (unpaired) electrons. The molecule has 1 aromatic rings. The second-order valence-electron chi connectivity index (χ2n) is 6.40. The lowest BCUT2D eigenvalue weighted by Crippen LogP contribution is -2.40. The molecule has 0 spiro atoms. The van der Waals surface area contributed by atoms with Gasteiger partial charge < -0.3 is 25.2 Å². The fourth-order valence-electron chi connectivity index (χ4n) is 2.39. The third-order valence-corrected chi connectivity index (χ3v) is 3.96. The number of halogens is 1. The maximum absolute atomic E-state index is 11.9. The molecule has 8 heteroatoms. The number of carbonyl (C=O) groups is 1. The molecule has 1 amide bonds. The summed E-state index contributed by atoms with van der Waals surface area (Å²) in [5, 5.41) is 6.60. The number of aliphatic imine (C=N–C) groups is 1. The van der Waals surface area contributed by atoms with Crippen LogP contribution in [0.1, 0.15) is 22.3 Å². The van der Waals surface area contributed by atoms with Crippen molar-refractivity contribution >= 4 is 35.8 Å². The Hall–Kier alpha value is -1.39. The summed E-state index contributed by atoms with van der Waals surface area (Å²) >= 11 is 0. The summed E-state index contributed by atoms with van der Waals surface area (Å²) in [6, 6.07) is 7.62. The zero-order chi connectivity index (χ0) is 19.4. The third-order valence-electron chi connectivity index (χ3n) is 3.96. The van der Waals surface area contributed by atoms with Crippen molar-refractivity contribution in [3.8, 4) is 0 Å².